The van der Waals surface area contributed by atoms with E-state index in [0.717, 1.165) is 0 Å². The van der Waals surface area contributed by atoms with Gasteiger partial charge in [0.05, 0.1) is 24.9 Å². The molecule has 2 aliphatic rings. The molecule has 0 spiro atoms. The lowest BCUT2D eigenvalue weighted by atomic mass is 9.79. The summed E-state index contributed by atoms with van der Waals surface area (Å²) in [6.07, 6.45) is -8.21. The number of amides is 2. The fourth-order valence-corrected chi connectivity index (χ4v) is 4.06. The zero-order valence-corrected chi connectivity index (χ0v) is 17.2. The van der Waals surface area contributed by atoms with Crippen LogP contribution < -0.4 is 10.6 Å². The van der Waals surface area contributed by atoms with Crippen LogP contribution in [0.15, 0.2) is 0 Å². The van der Waals surface area contributed by atoms with Crippen LogP contribution in [-0.4, -0.2) is 113 Å². The van der Waals surface area contributed by atoms with Crippen LogP contribution in [0.25, 0.3) is 0 Å². The average molecular weight is 436 g/mol. The van der Waals surface area contributed by atoms with Crippen LogP contribution in [0.3, 0.4) is 0 Å². The summed E-state index contributed by atoms with van der Waals surface area (Å²) in [4.78, 5) is 23.1. The molecule has 1 aliphatic heterocycles. The molecular weight excluding hydrogens is 404 g/mol. The molecule has 0 unspecified atom stereocenters. The lowest BCUT2D eigenvalue weighted by Crippen LogP contribution is -2.68. The smallest absolute Gasteiger partial charge is 0.217 e. The zero-order chi connectivity index (χ0) is 22.6. The molecule has 1 saturated heterocycles. The van der Waals surface area contributed by atoms with Crippen molar-refractivity contribution in [2.24, 2.45) is 5.92 Å². The Morgan fingerprint density at radius 3 is 2.07 bits per heavy atom. The molecule has 12 nitrogen and oxygen atoms in total. The second kappa shape index (κ2) is 10.8. The Bertz CT molecular complexity index is 593. The molecule has 2 amide bonds. The van der Waals surface area contributed by atoms with Crippen molar-refractivity contribution in [3.05, 3.63) is 0 Å². The van der Waals surface area contributed by atoms with E-state index in [2.05, 4.69) is 10.6 Å². The SMILES string of the molecule is CO[C@@H]1O[C@H](CO)[C@@H](O[C@@H]2C[C@H](CO)[C@@H](O)[C@H](O)[C@H]2NC(C)=O)[C@H](O)[C@H]1NC(C)=O. The predicted molar refractivity (Wildman–Crippen MR) is 99.8 cm³/mol. The molecule has 2 rings (SSSR count). The maximum absolute atomic E-state index is 11.6. The van der Waals surface area contributed by atoms with Crippen LogP contribution in [-0.2, 0) is 23.8 Å². The molecule has 0 aromatic carbocycles. The first-order valence-corrected chi connectivity index (χ1v) is 9.78. The maximum atomic E-state index is 11.6. The van der Waals surface area contributed by atoms with E-state index in [9.17, 15) is 35.1 Å². The van der Waals surface area contributed by atoms with Crippen LogP contribution in [0.5, 0.6) is 0 Å². The van der Waals surface area contributed by atoms with Gasteiger partial charge in [-0.25, -0.2) is 0 Å². The van der Waals surface area contributed by atoms with Crippen molar-refractivity contribution >= 4 is 11.8 Å². The topological polar surface area (TPSA) is 187 Å². The molecule has 0 aromatic rings. The average Bonchev–Trinajstić information content (AvgIpc) is 2.69. The molecule has 0 aromatic heterocycles. The van der Waals surface area contributed by atoms with Gasteiger partial charge in [0, 0.05) is 33.5 Å². The Morgan fingerprint density at radius 2 is 1.57 bits per heavy atom. The van der Waals surface area contributed by atoms with E-state index in [4.69, 9.17) is 14.2 Å². The number of aliphatic hydroxyl groups excluding tert-OH is 5. The third-order valence-electron chi connectivity index (χ3n) is 5.53. The minimum Gasteiger partial charge on any atom is -0.396 e. The first-order chi connectivity index (χ1) is 14.1. The quantitative estimate of drug-likeness (QED) is 0.209. The summed E-state index contributed by atoms with van der Waals surface area (Å²) in [5, 5.41) is 55.8. The van der Waals surface area contributed by atoms with Crippen LogP contribution in [0.2, 0.25) is 0 Å². The third kappa shape index (κ3) is 5.45. The number of methoxy groups -OCH3 is 1. The Hall–Kier alpha value is -1.38. The summed E-state index contributed by atoms with van der Waals surface area (Å²) in [6.45, 7) is 1.52. The van der Waals surface area contributed by atoms with E-state index >= 15 is 0 Å². The summed E-state index contributed by atoms with van der Waals surface area (Å²) < 4.78 is 16.8. The number of carbonyl (C=O) groups is 2. The van der Waals surface area contributed by atoms with Gasteiger partial charge in [-0.15, -0.1) is 0 Å². The first-order valence-electron chi connectivity index (χ1n) is 9.78. The minimum absolute atomic E-state index is 0.0551. The summed E-state index contributed by atoms with van der Waals surface area (Å²) in [6, 6.07) is -2.04. The van der Waals surface area contributed by atoms with Gasteiger partial charge in [-0.05, 0) is 6.42 Å². The number of rotatable bonds is 7. The third-order valence-corrected chi connectivity index (χ3v) is 5.53. The molecule has 12 heteroatoms. The van der Waals surface area contributed by atoms with Crippen LogP contribution >= 0.6 is 0 Å². The van der Waals surface area contributed by atoms with Crippen molar-refractivity contribution in [3.63, 3.8) is 0 Å². The van der Waals surface area contributed by atoms with Gasteiger partial charge in [0.1, 0.15) is 30.5 Å². The van der Waals surface area contributed by atoms with E-state index in [1.165, 1.54) is 21.0 Å². The van der Waals surface area contributed by atoms with Gasteiger partial charge in [0.25, 0.3) is 0 Å². The van der Waals surface area contributed by atoms with Gasteiger partial charge >= 0.3 is 0 Å². The highest BCUT2D eigenvalue weighted by Gasteiger charge is 2.50. The number of hydrogen-bond donors (Lipinski definition) is 7. The number of carbonyl (C=O) groups excluding carboxylic acids is 2. The lowest BCUT2D eigenvalue weighted by Gasteiger charge is -2.48. The van der Waals surface area contributed by atoms with Crippen molar-refractivity contribution in [2.75, 3.05) is 20.3 Å². The van der Waals surface area contributed by atoms with Crippen LogP contribution in [0, 0.1) is 5.92 Å². The summed E-state index contributed by atoms with van der Waals surface area (Å²) in [5.41, 5.74) is 0. The monoisotopic (exact) mass is 436 g/mol. The van der Waals surface area contributed by atoms with Gasteiger partial charge in [0.2, 0.25) is 11.8 Å². The fourth-order valence-electron chi connectivity index (χ4n) is 4.06. The molecular formula is C18H32N2O10. The molecule has 1 saturated carbocycles. The van der Waals surface area contributed by atoms with Crippen molar-refractivity contribution in [1.29, 1.82) is 0 Å². The summed E-state index contributed by atoms with van der Waals surface area (Å²) in [7, 11) is 1.32. The second-order valence-electron chi connectivity index (χ2n) is 7.70. The van der Waals surface area contributed by atoms with Gasteiger partial charge in [-0.3, -0.25) is 9.59 Å². The zero-order valence-electron chi connectivity index (χ0n) is 17.2. The molecule has 1 heterocycles. The van der Waals surface area contributed by atoms with E-state index < -0.39 is 85.9 Å². The van der Waals surface area contributed by atoms with E-state index in [0.29, 0.717) is 0 Å². The molecule has 10 atom stereocenters. The largest absolute Gasteiger partial charge is 0.396 e. The fraction of sp³-hybridized carbons (Fsp3) is 0.889. The Labute approximate surface area is 174 Å². The van der Waals surface area contributed by atoms with Crippen molar-refractivity contribution in [3.8, 4) is 0 Å². The van der Waals surface area contributed by atoms with Crippen molar-refractivity contribution < 1.29 is 49.3 Å². The Kier molecular flexibility index (Phi) is 8.94. The van der Waals surface area contributed by atoms with Gasteiger partial charge in [0.15, 0.2) is 6.29 Å². The van der Waals surface area contributed by atoms with Crippen molar-refractivity contribution in [2.45, 2.75) is 75.3 Å². The van der Waals surface area contributed by atoms with E-state index in [1.54, 1.807) is 0 Å². The lowest BCUT2D eigenvalue weighted by molar-refractivity contribution is -0.284. The van der Waals surface area contributed by atoms with Crippen LogP contribution in [0.1, 0.15) is 20.3 Å². The Morgan fingerprint density at radius 1 is 0.967 bits per heavy atom. The van der Waals surface area contributed by atoms with Crippen LogP contribution in [0.4, 0.5) is 0 Å². The molecule has 174 valence electrons. The first kappa shape index (κ1) is 24.9. The Balaban J connectivity index is 2.29. The number of ether oxygens (including phenoxy) is 3. The van der Waals surface area contributed by atoms with Gasteiger partial charge in [-0.2, -0.15) is 0 Å². The van der Waals surface area contributed by atoms with Gasteiger partial charge < -0.3 is 50.4 Å². The number of nitrogens with one attached hydrogen (secondary N) is 2. The maximum Gasteiger partial charge on any atom is 0.217 e. The summed E-state index contributed by atoms with van der Waals surface area (Å²) in [5.74, 6) is -1.65. The van der Waals surface area contributed by atoms with Crippen molar-refractivity contribution in [1.82, 2.24) is 10.6 Å². The predicted octanol–water partition coefficient (Wildman–Crippen LogP) is -3.79. The van der Waals surface area contributed by atoms with Gasteiger partial charge in [-0.1, -0.05) is 0 Å². The molecule has 0 radical (unpaired) electrons. The highest BCUT2D eigenvalue weighted by molar-refractivity contribution is 5.73. The molecule has 30 heavy (non-hydrogen) atoms. The number of aliphatic hydroxyl groups is 5. The number of hydrogen-bond acceptors (Lipinski definition) is 10. The molecule has 1 aliphatic carbocycles. The second-order valence-corrected chi connectivity index (χ2v) is 7.70. The highest BCUT2D eigenvalue weighted by atomic mass is 16.7. The standard InChI is InChI=1S/C18H32N2O10/c1-7(23)19-12-10(4-9(5-21)14(25)15(12)26)29-17-11(6-22)30-18(28-3)13(16(17)27)20-8(2)24/h9-18,21-22,25-27H,4-6H2,1-3H3,(H,19,23)(H,20,24)/t9-,10-,11-,12+,13-,14-,15-,16-,17-,18-/m1/s1. The van der Waals surface area contributed by atoms with E-state index in [1.807, 2.05) is 0 Å². The molecule has 0 bridgehead atoms. The summed E-state index contributed by atoms with van der Waals surface area (Å²) >= 11 is 0. The highest BCUT2D eigenvalue weighted by Crippen LogP contribution is 2.32. The minimum atomic E-state index is -1.43. The molecule has 2 fully saturated rings. The van der Waals surface area contributed by atoms with E-state index in [-0.39, 0.29) is 6.42 Å². The molecule has 7 N–H and O–H groups in total. The normalized spacial score (nSPS) is 41.9.